The van der Waals surface area contributed by atoms with Crippen molar-refractivity contribution in [2.24, 2.45) is 0 Å². The molecule has 0 unspecified atom stereocenters. The molecule has 6 heteroatoms. The van der Waals surface area contributed by atoms with E-state index in [1.54, 1.807) is 18.7 Å². The Labute approximate surface area is 78.5 Å². The minimum atomic E-state index is 0.645. The maximum atomic E-state index is 4.15. The average molecular weight is 186 g/mol. The van der Waals surface area contributed by atoms with Gasteiger partial charge in [0.15, 0.2) is 11.5 Å². The van der Waals surface area contributed by atoms with Crippen molar-refractivity contribution >= 4 is 11.2 Å². The van der Waals surface area contributed by atoms with Gasteiger partial charge in [0.25, 0.3) is 0 Å². The Kier molecular flexibility index (Phi) is 1.35. The van der Waals surface area contributed by atoms with Crippen molar-refractivity contribution in [1.82, 2.24) is 29.9 Å². The maximum Gasteiger partial charge on any atom is 0.181 e. The zero-order valence-electron chi connectivity index (χ0n) is 7.10. The molecule has 68 valence electrons. The Balaban J connectivity index is 2.36. The van der Waals surface area contributed by atoms with Crippen LogP contribution in [0.5, 0.6) is 0 Å². The fourth-order valence-electron chi connectivity index (χ4n) is 1.34. The van der Waals surface area contributed by atoms with Gasteiger partial charge in [0.2, 0.25) is 0 Å². The molecule has 6 nitrogen and oxygen atoms in total. The summed E-state index contributed by atoms with van der Waals surface area (Å²) in [5, 5.41) is 0. The molecule has 3 heterocycles. The van der Waals surface area contributed by atoms with Crippen LogP contribution in [0.4, 0.5) is 0 Å². The van der Waals surface area contributed by atoms with E-state index >= 15 is 0 Å². The third-order valence-electron chi connectivity index (χ3n) is 1.95. The number of hydrogen-bond donors (Lipinski definition) is 2. The molecule has 0 bridgehead atoms. The van der Waals surface area contributed by atoms with Gasteiger partial charge in [-0.1, -0.05) is 0 Å². The van der Waals surface area contributed by atoms with Crippen LogP contribution in [0.1, 0.15) is 0 Å². The minimum absolute atomic E-state index is 0.645. The van der Waals surface area contributed by atoms with E-state index in [1.807, 2.05) is 0 Å². The summed E-state index contributed by atoms with van der Waals surface area (Å²) in [7, 11) is 0. The van der Waals surface area contributed by atoms with E-state index in [-0.39, 0.29) is 0 Å². The Morgan fingerprint density at radius 2 is 2.00 bits per heavy atom. The standard InChI is InChI=1S/C8H6N6/c1-2-10-7(9-1)5-6-8(13-3-11-5)14-4-12-6/h1-4H,(H,9,10)(H,11,12,13,14). The van der Waals surface area contributed by atoms with Gasteiger partial charge in [-0.05, 0) is 0 Å². The van der Waals surface area contributed by atoms with E-state index in [0.29, 0.717) is 11.5 Å². The first kappa shape index (κ1) is 7.19. The highest BCUT2D eigenvalue weighted by molar-refractivity contribution is 5.83. The molecule has 2 N–H and O–H groups in total. The number of H-pyrrole nitrogens is 2. The Morgan fingerprint density at radius 1 is 1.00 bits per heavy atom. The number of fused-ring (bicyclic) bond motifs is 1. The number of aromatic nitrogens is 6. The predicted octanol–water partition coefficient (Wildman–Crippen LogP) is 0.743. The predicted molar refractivity (Wildman–Crippen MR) is 49.3 cm³/mol. The number of imidazole rings is 2. The fraction of sp³-hybridized carbons (Fsp3) is 0. The van der Waals surface area contributed by atoms with Gasteiger partial charge in [-0.3, -0.25) is 0 Å². The van der Waals surface area contributed by atoms with Crippen molar-refractivity contribution in [3.8, 4) is 11.5 Å². The SMILES string of the molecule is c1c[nH]c(-c2ncnc3nc[nH]c23)n1. The number of nitrogens with one attached hydrogen (secondary N) is 2. The monoisotopic (exact) mass is 186 g/mol. The van der Waals surface area contributed by atoms with E-state index in [2.05, 4.69) is 29.9 Å². The van der Waals surface area contributed by atoms with Crippen LogP contribution in [0, 0.1) is 0 Å². The summed E-state index contributed by atoms with van der Waals surface area (Å²) in [5.74, 6) is 0.710. The van der Waals surface area contributed by atoms with Gasteiger partial charge in [0, 0.05) is 12.4 Å². The summed E-state index contributed by atoms with van der Waals surface area (Å²) in [5.41, 5.74) is 2.17. The topological polar surface area (TPSA) is 83.1 Å². The molecule has 0 aliphatic rings. The minimum Gasteiger partial charge on any atom is -0.343 e. The molecule has 0 saturated heterocycles. The van der Waals surface area contributed by atoms with Crippen molar-refractivity contribution in [1.29, 1.82) is 0 Å². The highest BCUT2D eigenvalue weighted by Gasteiger charge is 2.08. The third kappa shape index (κ3) is 0.905. The Bertz CT molecular complexity index is 552. The number of hydrogen-bond acceptors (Lipinski definition) is 4. The lowest BCUT2D eigenvalue weighted by molar-refractivity contribution is 1.17. The molecule has 0 saturated carbocycles. The largest absolute Gasteiger partial charge is 0.343 e. The normalized spacial score (nSPS) is 10.9. The highest BCUT2D eigenvalue weighted by atomic mass is 15.0. The lowest BCUT2D eigenvalue weighted by Crippen LogP contribution is -1.89. The third-order valence-corrected chi connectivity index (χ3v) is 1.95. The lowest BCUT2D eigenvalue weighted by Gasteiger charge is -1.95. The molecule has 14 heavy (non-hydrogen) atoms. The summed E-state index contributed by atoms with van der Waals surface area (Å²) >= 11 is 0. The maximum absolute atomic E-state index is 4.15. The van der Waals surface area contributed by atoms with Crippen molar-refractivity contribution in [3.63, 3.8) is 0 Å². The summed E-state index contributed by atoms with van der Waals surface area (Å²) in [6.45, 7) is 0. The lowest BCUT2D eigenvalue weighted by atomic mass is 10.3. The Morgan fingerprint density at radius 3 is 2.86 bits per heavy atom. The van der Waals surface area contributed by atoms with Gasteiger partial charge in [-0.2, -0.15) is 0 Å². The zero-order chi connectivity index (χ0) is 9.38. The molecule has 3 aromatic rings. The highest BCUT2D eigenvalue weighted by Crippen LogP contribution is 2.18. The van der Waals surface area contributed by atoms with Crippen LogP contribution in [0.3, 0.4) is 0 Å². The summed E-state index contributed by atoms with van der Waals surface area (Å²) in [6.07, 6.45) is 6.49. The molecular weight excluding hydrogens is 180 g/mol. The molecule has 3 aromatic heterocycles. The zero-order valence-corrected chi connectivity index (χ0v) is 7.10. The summed E-state index contributed by atoms with van der Waals surface area (Å²) in [6, 6.07) is 0. The van der Waals surface area contributed by atoms with E-state index in [9.17, 15) is 0 Å². The van der Waals surface area contributed by atoms with Crippen molar-refractivity contribution < 1.29 is 0 Å². The van der Waals surface area contributed by atoms with Crippen LogP contribution in [0.2, 0.25) is 0 Å². The van der Waals surface area contributed by atoms with Crippen LogP contribution in [-0.2, 0) is 0 Å². The molecule has 0 spiro atoms. The van der Waals surface area contributed by atoms with Crippen LogP contribution < -0.4 is 0 Å². The molecule has 3 rings (SSSR count). The molecule has 0 radical (unpaired) electrons. The average Bonchev–Trinajstić information content (AvgIpc) is 2.88. The van der Waals surface area contributed by atoms with Gasteiger partial charge >= 0.3 is 0 Å². The van der Waals surface area contributed by atoms with Gasteiger partial charge in [0.05, 0.1) is 6.33 Å². The summed E-state index contributed by atoms with van der Waals surface area (Å²) in [4.78, 5) is 22.3. The van der Waals surface area contributed by atoms with Gasteiger partial charge in [0.1, 0.15) is 17.5 Å². The van der Waals surface area contributed by atoms with Gasteiger partial charge in [-0.15, -0.1) is 0 Å². The van der Waals surface area contributed by atoms with Crippen molar-refractivity contribution in [2.45, 2.75) is 0 Å². The number of aromatic amines is 2. The first-order valence-electron chi connectivity index (χ1n) is 4.09. The van der Waals surface area contributed by atoms with E-state index in [1.165, 1.54) is 6.33 Å². The summed E-state index contributed by atoms with van der Waals surface area (Å²) < 4.78 is 0. The molecule has 0 atom stereocenters. The number of rotatable bonds is 1. The van der Waals surface area contributed by atoms with Crippen LogP contribution in [0.15, 0.2) is 25.0 Å². The van der Waals surface area contributed by atoms with E-state index in [4.69, 9.17) is 0 Å². The van der Waals surface area contributed by atoms with E-state index in [0.717, 1.165) is 11.2 Å². The van der Waals surface area contributed by atoms with Crippen LogP contribution in [0.25, 0.3) is 22.7 Å². The molecule has 0 amide bonds. The van der Waals surface area contributed by atoms with Crippen molar-refractivity contribution in [3.05, 3.63) is 25.0 Å². The smallest absolute Gasteiger partial charge is 0.181 e. The van der Waals surface area contributed by atoms with Crippen molar-refractivity contribution in [2.75, 3.05) is 0 Å². The second kappa shape index (κ2) is 2.63. The molecular formula is C8H6N6. The van der Waals surface area contributed by atoms with E-state index < -0.39 is 0 Å². The Hall–Kier alpha value is -2.24. The molecule has 0 fully saturated rings. The molecule has 0 aromatic carbocycles. The number of nitrogens with zero attached hydrogens (tertiary/aromatic N) is 4. The second-order valence-corrected chi connectivity index (χ2v) is 2.76. The molecule has 0 aliphatic carbocycles. The first-order valence-corrected chi connectivity index (χ1v) is 4.09. The fourth-order valence-corrected chi connectivity index (χ4v) is 1.34. The van der Waals surface area contributed by atoms with Crippen LogP contribution in [-0.4, -0.2) is 29.9 Å². The van der Waals surface area contributed by atoms with Gasteiger partial charge < -0.3 is 9.97 Å². The quantitative estimate of drug-likeness (QED) is 0.587. The molecule has 0 aliphatic heterocycles. The van der Waals surface area contributed by atoms with Crippen LogP contribution >= 0.6 is 0 Å². The first-order chi connectivity index (χ1) is 6.95. The second-order valence-electron chi connectivity index (χ2n) is 2.76. The van der Waals surface area contributed by atoms with Gasteiger partial charge in [-0.25, -0.2) is 19.9 Å².